The van der Waals surface area contributed by atoms with Crippen molar-refractivity contribution in [1.29, 1.82) is 0 Å². The summed E-state index contributed by atoms with van der Waals surface area (Å²) >= 11 is 11.4. The van der Waals surface area contributed by atoms with E-state index >= 15 is 0 Å². The highest BCUT2D eigenvalue weighted by Gasteiger charge is 2.14. The van der Waals surface area contributed by atoms with Gasteiger partial charge in [0.2, 0.25) is 0 Å². The Balaban J connectivity index is 2.21. The molecule has 1 heterocycles. The summed E-state index contributed by atoms with van der Waals surface area (Å²) < 4.78 is 5.35. The van der Waals surface area contributed by atoms with Gasteiger partial charge in [0.15, 0.2) is 0 Å². The monoisotopic (exact) mass is 330 g/mol. The van der Waals surface area contributed by atoms with Crippen molar-refractivity contribution in [3.8, 4) is 5.75 Å². The average molecular weight is 332 g/mol. The zero-order valence-electron chi connectivity index (χ0n) is 9.32. The van der Waals surface area contributed by atoms with Crippen molar-refractivity contribution < 1.29 is 4.74 Å². The van der Waals surface area contributed by atoms with Gasteiger partial charge >= 0.3 is 0 Å². The third-order valence-corrected chi connectivity index (χ3v) is 4.31. The fourth-order valence-electron chi connectivity index (χ4n) is 1.67. The molecule has 0 saturated carbocycles. The van der Waals surface area contributed by atoms with E-state index in [2.05, 4.69) is 32.8 Å². The molecule has 17 heavy (non-hydrogen) atoms. The Morgan fingerprint density at radius 3 is 2.88 bits per heavy atom. The number of rotatable bonds is 4. The van der Waals surface area contributed by atoms with Crippen molar-refractivity contribution in [2.45, 2.75) is 11.2 Å². The fourth-order valence-corrected chi connectivity index (χ4v) is 3.27. The van der Waals surface area contributed by atoms with Crippen LogP contribution in [0.3, 0.4) is 0 Å². The smallest absolute Gasteiger partial charge is 0.124 e. The summed E-state index contributed by atoms with van der Waals surface area (Å²) in [4.78, 5) is 0.240. The first-order chi connectivity index (χ1) is 8.20. The lowest BCUT2D eigenvalue weighted by Crippen LogP contribution is -1.98. The number of halogens is 2. The number of alkyl halides is 1. The molecular weight excluding hydrogens is 320 g/mol. The van der Waals surface area contributed by atoms with E-state index in [1.54, 1.807) is 18.4 Å². The maximum atomic E-state index is 5.95. The second-order valence-electron chi connectivity index (χ2n) is 3.69. The van der Waals surface area contributed by atoms with Gasteiger partial charge in [-0.3, -0.25) is 0 Å². The van der Waals surface area contributed by atoms with Gasteiger partial charge in [-0.2, -0.15) is 11.3 Å². The summed E-state index contributed by atoms with van der Waals surface area (Å²) in [6, 6.07) is 7.88. The predicted molar refractivity (Wildman–Crippen MR) is 77.7 cm³/mol. The Bertz CT molecular complexity index is 484. The van der Waals surface area contributed by atoms with Crippen LogP contribution >= 0.6 is 38.9 Å². The molecule has 2 aromatic rings. The first kappa shape index (κ1) is 12.9. The molecule has 0 aliphatic carbocycles. The molecule has 0 fully saturated rings. The number of methoxy groups -OCH3 is 1. The number of thiophene rings is 1. The van der Waals surface area contributed by atoms with E-state index in [1.165, 1.54) is 5.56 Å². The molecule has 0 spiro atoms. The summed E-state index contributed by atoms with van der Waals surface area (Å²) in [5, 5.41) is 4.95. The van der Waals surface area contributed by atoms with Crippen LogP contribution in [-0.2, 0) is 6.42 Å². The molecule has 4 heteroatoms. The Labute approximate surface area is 119 Å². The van der Waals surface area contributed by atoms with E-state index in [0.717, 1.165) is 17.7 Å². The van der Waals surface area contributed by atoms with Crippen molar-refractivity contribution >= 4 is 38.9 Å². The van der Waals surface area contributed by atoms with E-state index in [0.29, 0.717) is 5.02 Å². The molecule has 0 amide bonds. The summed E-state index contributed by atoms with van der Waals surface area (Å²) in [7, 11) is 1.67. The molecule has 0 saturated heterocycles. The maximum absolute atomic E-state index is 5.95. The molecular formula is C13H12BrClOS. The van der Waals surface area contributed by atoms with Crippen LogP contribution in [0.15, 0.2) is 35.0 Å². The predicted octanol–water partition coefficient (Wildman–Crippen LogP) is 5.09. The van der Waals surface area contributed by atoms with Gasteiger partial charge in [-0.25, -0.2) is 0 Å². The molecule has 0 aliphatic rings. The second-order valence-corrected chi connectivity index (χ2v) is 6.01. The molecule has 1 aromatic heterocycles. The molecule has 1 unspecified atom stereocenters. The van der Waals surface area contributed by atoms with Gasteiger partial charge in [-0.15, -0.1) is 0 Å². The van der Waals surface area contributed by atoms with Crippen molar-refractivity contribution in [2.24, 2.45) is 0 Å². The van der Waals surface area contributed by atoms with Gasteiger partial charge < -0.3 is 4.74 Å². The van der Waals surface area contributed by atoms with E-state index in [9.17, 15) is 0 Å². The van der Waals surface area contributed by atoms with Crippen LogP contribution in [0.5, 0.6) is 5.75 Å². The fraction of sp³-hybridized carbons (Fsp3) is 0.231. The molecule has 1 aromatic carbocycles. The minimum atomic E-state index is 0.240. The van der Waals surface area contributed by atoms with Gasteiger partial charge in [0.25, 0.3) is 0 Å². The van der Waals surface area contributed by atoms with Crippen molar-refractivity contribution in [2.75, 3.05) is 7.11 Å². The molecule has 0 radical (unpaired) electrons. The van der Waals surface area contributed by atoms with Crippen molar-refractivity contribution in [3.05, 3.63) is 51.2 Å². The molecule has 90 valence electrons. The summed E-state index contributed by atoms with van der Waals surface area (Å²) in [6.07, 6.45) is 0.946. The molecule has 0 N–H and O–H groups in total. The van der Waals surface area contributed by atoms with Crippen LogP contribution < -0.4 is 4.74 Å². The van der Waals surface area contributed by atoms with Gasteiger partial charge in [0.1, 0.15) is 5.75 Å². The minimum Gasteiger partial charge on any atom is -0.496 e. The van der Waals surface area contributed by atoms with Crippen LogP contribution in [0.25, 0.3) is 0 Å². The summed E-state index contributed by atoms with van der Waals surface area (Å²) in [6.45, 7) is 0. The lowest BCUT2D eigenvalue weighted by molar-refractivity contribution is 0.409. The Morgan fingerprint density at radius 2 is 2.24 bits per heavy atom. The highest BCUT2D eigenvalue weighted by molar-refractivity contribution is 9.09. The summed E-state index contributed by atoms with van der Waals surface area (Å²) in [5.41, 5.74) is 2.46. The average Bonchev–Trinajstić information content (AvgIpc) is 2.81. The van der Waals surface area contributed by atoms with E-state index < -0.39 is 0 Å². The van der Waals surface area contributed by atoms with E-state index in [4.69, 9.17) is 16.3 Å². The van der Waals surface area contributed by atoms with E-state index in [1.807, 2.05) is 18.2 Å². The second kappa shape index (κ2) is 5.89. The normalized spacial score (nSPS) is 12.4. The van der Waals surface area contributed by atoms with Crippen LogP contribution in [-0.4, -0.2) is 7.11 Å². The molecule has 1 nitrogen and oxygen atoms in total. The number of hydrogen-bond donors (Lipinski definition) is 0. The first-order valence-corrected chi connectivity index (χ1v) is 7.43. The van der Waals surface area contributed by atoms with Crippen LogP contribution in [0.4, 0.5) is 0 Å². The van der Waals surface area contributed by atoms with Gasteiger partial charge in [0, 0.05) is 15.4 Å². The Hall–Kier alpha value is -0.510. The topological polar surface area (TPSA) is 9.23 Å². The van der Waals surface area contributed by atoms with Crippen LogP contribution in [0.2, 0.25) is 5.02 Å². The number of hydrogen-bond acceptors (Lipinski definition) is 2. The maximum Gasteiger partial charge on any atom is 0.124 e. The third kappa shape index (κ3) is 3.24. The first-order valence-electron chi connectivity index (χ1n) is 5.19. The quantitative estimate of drug-likeness (QED) is 0.709. The zero-order valence-corrected chi connectivity index (χ0v) is 12.5. The van der Waals surface area contributed by atoms with Gasteiger partial charge in [0.05, 0.1) is 7.11 Å². The Morgan fingerprint density at radius 1 is 1.41 bits per heavy atom. The highest BCUT2D eigenvalue weighted by atomic mass is 79.9. The Kier molecular flexibility index (Phi) is 4.48. The standard InChI is InChI=1S/C13H12BrClOS/c1-16-13-7-10(15)2-3-11(13)12(14)6-9-4-5-17-8-9/h2-5,7-8,12H,6H2,1H3. The minimum absolute atomic E-state index is 0.240. The molecule has 1 atom stereocenters. The van der Waals surface area contributed by atoms with Crippen LogP contribution in [0, 0.1) is 0 Å². The molecule has 2 rings (SSSR count). The van der Waals surface area contributed by atoms with E-state index in [-0.39, 0.29) is 4.83 Å². The highest BCUT2D eigenvalue weighted by Crippen LogP contribution is 2.35. The summed E-state index contributed by atoms with van der Waals surface area (Å²) in [5.74, 6) is 0.828. The molecule has 0 aliphatic heterocycles. The lowest BCUT2D eigenvalue weighted by atomic mass is 10.1. The number of benzene rings is 1. The van der Waals surface area contributed by atoms with Gasteiger partial charge in [-0.05, 0) is 40.9 Å². The van der Waals surface area contributed by atoms with Crippen molar-refractivity contribution in [3.63, 3.8) is 0 Å². The van der Waals surface area contributed by atoms with Crippen LogP contribution in [0.1, 0.15) is 16.0 Å². The lowest BCUT2D eigenvalue weighted by Gasteiger charge is -2.14. The third-order valence-electron chi connectivity index (χ3n) is 2.53. The zero-order chi connectivity index (χ0) is 12.3. The largest absolute Gasteiger partial charge is 0.496 e. The van der Waals surface area contributed by atoms with Gasteiger partial charge in [-0.1, -0.05) is 33.6 Å². The van der Waals surface area contributed by atoms with Crippen molar-refractivity contribution in [1.82, 2.24) is 0 Å². The number of ether oxygens (including phenoxy) is 1. The molecule has 0 bridgehead atoms. The SMILES string of the molecule is COc1cc(Cl)ccc1C(Br)Cc1ccsc1.